The van der Waals surface area contributed by atoms with Gasteiger partial charge < -0.3 is 5.32 Å². The van der Waals surface area contributed by atoms with Crippen LogP contribution < -0.4 is 10.9 Å². The molecule has 2 atom stereocenters. The highest BCUT2D eigenvalue weighted by atomic mass is 16.2. The van der Waals surface area contributed by atoms with Gasteiger partial charge in [-0.3, -0.25) is 23.7 Å². The van der Waals surface area contributed by atoms with E-state index < -0.39 is 0 Å². The molecule has 8 nitrogen and oxygen atoms in total. The van der Waals surface area contributed by atoms with E-state index in [1.54, 1.807) is 7.05 Å². The molecule has 0 saturated carbocycles. The van der Waals surface area contributed by atoms with Crippen LogP contribution in [0.3, 0.4) is 0 Å². The fourth-order valence-electron chi connectivity index (χ4n) is 4.53. The zero-order chi connectivity index (χ0) is 22.0. The Labute approximate surface area is 181 Å². The first-order valence-electron chi connectivity index (χ1n) is 10.8. The van der Waals surface area contributed by atoms with E-state index in [9.17, 15) is 9.59 Å². The maximum absolute atomic E-state index is 12.5. The number of fused-ring (bicyclic) bond motifs is 1. The number of aromatic nitrogens is 4. The lowest BCUT2D eigenvalue weighted by molar-refractivity contribution is -0.121. The summed E-state index contributed by atoms with van der Waals surface area (Å²) in [6, 6.07) is 8.38. The Morgan fingerprint density at radius 3 is 2.52 bits per heavy atom. The fourth-order valence-corrected chi connectivity index (χ4v) is 4.53. The maximum Gasteiger partial charge on any atom is 0.264 e. The first-order valence-corrected chi connectivity index (χ1v) is 10.8. The van der Waals surface area contributed by atoms with E-state index in [0.717, 1.165) is 37.0 Å². The first-order chi connectivity index (χ1) is 14.9. The lowest BCUT2D eigenvalue weighted by atomic mass is 9.91. The molecule has 0 bridgehead atoms. The van der Waals surface area contributed by atoms with E-state index in [2.05, 4.69) is 58.4 Å². The molecule has 1 saturated heterocycles. The molecule has 1 aromatic carbocycles. The molecule has 2 aromatic heterocycles. The van der Waals surface area contributed by atoms with Gasteiger partial charge in [-0.1, -0.05) is 38.1 Å². The van der Waals surface area contributed by atoms with Crippen LogP contribution in [0.15, 0.2) is 41.6 Å². The molecule has 1 N–H and O–H groups in total. The maximum atomic E-state index is 12.5. The summed E-state index contributed by atoms with van der Waals surface area (Å²) in [5.41, 5.74) is 2.57. The van der Waals surface area contributed by atoms with E-state index >= 15 is 0 Å². The van der Waals surface area contributed by atoms with Crippen molar-refractivity contribution in [1.82, 2.24) is 29.5 Å². The molecule has 0 aliphatic carbocycles. The summed E-state index contributed by atoms with van der Waals surface area (Å²) in [7, 11) is 1.73. The van der Waals surface area contributed by atoms with E-state index in [1.165, 1.54) is 33.8 Å². The van der Waals surface area contributed by atoms with Crippen molar-refractivity contribution in [3.05, 3.63) is 58.3 Å². The number of rotatable bonds is 6. The number of nitrogens with one attached hydrogen (secondary N) is 1. The summed E-state index contributed by atoms with van der Waals surface area (Å²) < 4.78 is 2.85. The molecule has 1 aliphatic heterocycles. The van der Waals surface area contributed by atoms with Crippen LogP contribution >= 0.6 is 0 Å². The monoisotopic (exact) mass is 422 g/mol. The van der Waals surface area contributed by atoms with Crippen molar-refractivity contribution in [3.8, 4) is 0 Å². The van der Waals surface area contributed by atoms with Crippen molar-refractivity contribution in [2.24, 2.45) is 18.9 Å². The van der Waals surface area contributed by atoms with Gasteiger partial charge in [0.2, 0.25) is 5.91 Å². The number of benzene rings is 1. The minimum atomic E-state index is -0.265. The number of piperidine rings is 1. The van der Waals surface area contributed by atoms with Gasteiger partial charge in [0.25, 0.3) is 5.56 Å². The predicted octanol–water partition coefficient (Wildman–Crippen LogP) is 1.92. The van der Waals surface area contributed by atoms with Crippen LogP contribution in [0.1, 0.15) is 31.4 Å². The Hall–Kier alpha value is -3.00. The average molecular weight is 423 g/mol. The zero-order valence-corrected chi connectivity index (χ0v) is 18.4. The smallest absolute Gasteiger partial charge is 0.264 e. The number of aryl methyl sites for hydroxylation is 1. The second-order valence-corrected chi connectivity index (χ2v) is 8.92. The molecule has 0 spiro atoms. The van der Waals surface area contributed by atoms with Crippen LogP contribution in [-0.4, -0.2) is 43.2 Å². The van der Waals surface area contributed by atoms with Gasteiger partial charge in [0.05, 0.1) is 6.20 Å². The molecular weight excluding hydrogens is 392 g/mol. The third-order valence-corrected chi connectivity index (χ3v) is 5.90. The molecule has 4 rings (SSSR count). The fraction of sp³-hybridized carbons (Fsp3) is 0.478. The quantitative estimate of drug-likeness (QED) is 0.656. The summed E-state index contributed by atoms with van der Waals surface area (Å²) in [6.07, 6.45) is 4.18. The lowest BCUT2D eigenvalue weighted by Crippen LogP contribution is -2.38. The number of carbonyl (C=O) groups is 1. The van der Waals surface area contributed by atoms with Crippen molar-refractivity contribution in [2.45, 2.75) is 39.9 Å². The van der Waals surface area contributed by atoms with Gasteiger partial charge >= 0.3 is 0 Å². The van der Waals surface area contributed by atoms with Crippen LogP contribution in [0, 0.1) is 11.8 Å². The Bertz CT molecular complexity index is 1110. The average Bonchev–Trinajstić information content (AvgIpc) is 3.10. The van der Waals surface area contributed by atoms with Gasteiger partial charge in [0.1, 0.15) is 18.3 Å². The molecule has 164 valence electrons. The predicted molar refractivity (Wildman–Crippen MR) is 119 cm³/mol. The Kier molecular flexibility index (Phi) is 6.18. The molecule has 1 aliphatic rings. The van der Waals surface area contributed by atoms with E-state index in [4.69, 9.17) is 0 Å². The third kappa shape index (κ3) is 5.02. The normalized spacial score (nSPS) is 19.6. The van der Waals surface area contributed by atoms with Crippen LogP contribution in [-0.2, 0) is 31.5 Å². The van der Waals surface area contributed by atoms with Crippen LogP contribution in [0.25, 0.3) is 11.0 Å². The molecule has 0 unspecified atom stereocenters. The number of hydrogen-bond acceptors (Lipinski definition) is 5. The Balaban J connectivity index is 1.30. The van der Waals surface area contributed by atoms with Gasteiger partial charge in [-0.15, -0.1) is 0 Å². The second kappa shape index (κ2) is 9.01. The van der Waals surface area contributed by atoms with Crippen LogP contribution in [0.4, 0.5) is 0 Å². The lowest BCUT2D eigenvalue weighted by Gasteiger charge is -2.35. The third-order valence-electron chi connectivity index (χ3n) is 5.90. The molecule has 0 radical (unpaired) electrons. The van der Waals surface area contributed by atoms with Crippen molar-refractivity contribution >= 4 is 16.9 Å². The zero-order valence-electron chi connectivity index (χ0n) is 18.4. The SMILES string of the molecule is C[C@@H]1C[C@@H](C)CN(Cc2ccc(CNC(=O)Cn3cnc4c(cnn4C)c3=O)cc2)C1. The molecule has 3 heterocycles. The largest absolute Gasteiger partial charge is 0.350 e. The summed E-state index contributed by atoms with van der Waals surface area (Å²) in [5, 5.41) is 7.33. The van der Waals surface area contributed by atoms with Crippen molar-refractivity contribution in [1.29, 1.82) is 0 Å². The topological polar surface area (TPSA) is 85.1 Å². The van der Waals surface area contributed by atoms with Crippen LogP contribution in [0.5, 0.6) is 0 Å². The van der Waals surface area contributed by atoms with Gasteiger partial charge in [0.15, 0.2) is 5.65 Å². The molecule has 31 heavy (non-hydrogen) atoms. The molecular formula is C23H30N6O2. The summed E-state index contributed by atoms with van der Waals surface area (Å²) in [6.45, 7) is 8.28. The van der Waals surface area contributed by atoms with E-state index in [-0.39, 0.29) is 18.0 Å². The summed E-state index contributed by atoms with van der Waals surface area (Å²) in [5.74, 6) is 1.27. The standard InChI is InChI=1S/C23H30N6O2/c1-16-8-17(2)12-28(11-16)13-19-6-4-18(5-7-19)9-24-21(30)14-29-15-25-22-20(23(29)31)10-26-27(22)3/h4-7,10,15-17H,8-9,11-14H2,1-3H3,(H,24,30)/t16-,17-/m1/s1. The van der Waals surface area contributed by atoms with Crippen molar-refractivity contribution in [3.63, 3.8) is 0 Å². The van der Waals surface area contributed by atoms with Crippen molar-refractivity contribution < 1.29 is 4.79 Å². The van der Waals surface area contributed by atoms with Gasteiger partial charge in [-0.25, -0.2) is 4.98 Å². The molecule has 3 aromatic rings. The van der Waals surface area contributed by atoms with Gasteiger partial charge in [0, 0.05) is 33.2 Å². The van der Waals surface area contributed by atoms with E-state index in [0.29, 0.717) is 17.6 Å². The van der Waals surface area contributed by atoms with Gasteiger partial charge in [-0.05, 0) is 29.4 Å². The number of amides is 1. The first kappa shape index (κ1) is 21.2. The number of hydrogen-bond donors (Lipinski definition) is 1. The second-order valence-electron chi connectivity index (χ2n) is 8.92. The summed E-state index contributed by atoms with van der Waals surface area (Å²) >= 11 is 0. The minimum absolute atomic E-state index is 0.0694. The van der Waals surface area contributed by atoms with Gasteiger partial charge in [-0.2, -0.15) is 5.10 Å². The highest BCUT2D eigenvalue weighted by molar-refractivity contribution is 5.77. The molecule has 1 amide bonds. The van der Waals surface area contributed by atoms with Crippen LogP contribution in [0.2, 0.25) is 0 Å². The Morgan fingerprint density at radius 2 is 1.81 bits per heavy atom. The number of nitrogens with zero attached hydrogens (tertiary/aromatic N) is 5. The highest BCUT2D eigenvalue weighted by Gasteiger charge is 2.21. The van der Waals surface area contributed by atoms with Crippen molar-refractivity contribution in [2.75, 3.05) is 13.1 Å². The number of carbonyl (C=O) groups excluding carboxylic acids is 1. The van der Waals surface area contributed by atoms with E-state index in [1.807, 2.05) is 0 Å². The number of likely N-dealkylation sites (tertiary alicyclic amines) is 1. The highest BCUT2D eigenvalue weighted by Crippen LogP contribution is 2.22. The molecule has 8 heteroatoms. The molecule has 1 fully saturated rings. The summed E-state index contributed by atoms with van der Waals surface area (Å²) in [4.78, 5) is 31.6. The minimum Gasteiger partial charge on any atom is -0.350 e. The Morgan fingerprint density at radius 1 is 1.13 bits per heavy atom.